The van der Waals surface area contributed by atoms with Gasteiger partial charge in [-0.05, 0) is 26.0 Å². The summed E-state index contributed by atoms with van der Waals surface area (Å²) < 4.78 is 6.40. The van der Waals surface area contributed by atoms with Crippen LogP contribution in [0.15, 0.2) is 33.5 Å². The van der Waals surface area contributed by atoms with E-state index in [4.69, 9.17) is 4.42 Å². The molecule has 0 saturated heterocycles. The summed E-state index contributed by atoms with van der Waals surface area (Å²) in [6, 6.07) is 6.58. The zero-order valence-electron chi connectivity index (χ0n) is 8.56. The molecular formula is C11H11NO3. The van der Waals surface area contributed by atoms with Crippen molar-refractivity contribution in [2.75, 3.05) is 0 Å². The first-order chi connectivity index (χ1) is 7.11. The molecule has 0 radical (unpaired) electrons. The number of ketones is 1. The molecule has 0 N–H and O–H groups in total. The third-order valence-electron chi connectivity index (χ3n) is 2.49. The van der Waals surface area contributed by atoms with E-state index in [0.29, 0.717) is 11.1 Å². The van der Waals surface area contributed by atoms with Crippen molar-refractivity contribution >= 4 is 16.9 Å². The fourth-order valence-corrected chi connectivity index (χ4v) is 1.53. The second-order valence-corrected chi connectivity index (χ2v) is 3.49. The summed E-state index contributed by atoms with van der Waals surface area (Å²) >= 11 is 0. The number of nitrogens with zero attached hydrogens (tertiary/aromatic N) is 1. The standard InChI is InChI=1S/C11H11NO3/c1-7(8(2)13)12-9-5-3-4-6-10(9)15-11(12)14/h3-7H,1-2H3. The average Bonchev–Trinajstić information content (AvgIpc) is 2.52. The van der Waals surface area contributed by atoms with Gasteiger partial charge in [0.05, 0.1) is 11.6 Å². The van der Waals surface area contributed by atoms with Crippen molar-refractivity contribution < 1.29 is 9.21 Å². The lowest BCUT2D eigenvalue weighted by atomic mass is 10.2. The zero-order valence-corrected chi connectivity index (χ0v) is 8.56. The highest BCUT2D eigenvalue weighted by molar-refractivity contribution is 5.82. The molecule has 4 heteroatoms. The maximum absolute atomic E-state index is 11.5. The van der Waals surface area contributed by atoms with Gasteiger partial charge in [0.15, 0.2) is 11.4 Å². The van der Waals surface area contributed by atoms with Gasteiger partial charge in [0.25, 0.3) is 0 Å². The molecule has 0 aliphatic heterocycles. The molecule has 0 bridgehead atoms. The number of para-hydroxylation sites is 2. The van der Waals surface area contributed by atoms with Gasteiger partial charge in [-0.3, -0.25) is 9.36 Å². The minimum atomic E-state index is -0.487. The molecule has 0 fully saturated rings. The highest BCUT2D eigenvalue weighted by Gasteiger charge is 2.17. The Kier molecular flexibility index (Phi) is 2.19. The Bertz CT molecular complexity index is 564. The van der Waals surface area contributed by atoms with Gasteiger partial charge >= 0.3 is 5.76 Å². The summed E-state index contributed by atoms with van der Waals surface area (Å²) in [5.74, 6) is -0.553. The van der Waals surface area contributed by atoms with Crippen LogP contribution in [-0.2, 0) is 4.79 Å². The largest absolute Gasteiger partial charge is 0.420 e. The molecule has 1 aromatic carbocycles. The lowest BCUT2D eigenvalue weighted by molar-refractivity contribution is -0.119. The Morgan fingerprint density at radius 3 is 2.73 bits per heavy atom. The van der Waals surface area contributed by atoms with E-state index in [1.807, 2.05) is 0 Å². The van der Waals surface area contributed by atoms with Gasteiger partial charge < -0.3 is 4.42 Å². The minimum Gasteiger partial charge on any atom is -0.408 e. The molecule has 2 aromatic rings. The number of rotatable bonds is 2. The lowest BCUT2D eigenvalue weighted by Gasteiger charge is -2.07. The van der Waals surface area contributed by atoms with Gasteiger partial charge in [-0.25, -0.2) is 4.79 Å². The Hall–Kier alpha value is -1.84. The topological polar surface area (TPSA) is 52.2 Å². The van der Waals surface area contributed by atoms with Crippen LogP contribution in [-0.4, -0.2) is 10.4 Å². The molecule has 4 nitrogen and oxygen atoms in total. The highest BCUT2D eigenvalue weighted by atomic mass is 16.4. The first kappa shape index (κ1) is 9.71. The average molecular weight is 205 g/mol. The second kappa shape index (κ2) is 3.38. The van der Waals surface area contributed by atoms with Crippen LogP contribution in [0.1, 0.15) is 19.9 Å². The number of benzene rings is 1. The van der Waals surface area contributed by atoms with Crippen molar-refractivity contribution in [2.24, 2.45) is 0 Å². The van der Waals surface area contributed by atoms with E-state index in [2.05, 4.69) is 0 Å². The summed E-state index contributed by atoms with van der Waals surface area (Å²) in [5, 5.41) is 0. The van der Waals surface area contributed by atoms with E-state index in [-0.39, 0.29) is 5.78 Å². The van der Waals surface area contributed by atoms with Gasteiger partial charge in [0, 0.05) is 0 Å². The minimum absolute atomic E-state index is 0.0661. The van der Waals surface area contributed by atoms with Crippen LogP contribution >= 0.6 is 0 Å². The lowest BCUT2D eigenvalue weighted by Crippen LogP contribution is -2.23. The number of hydrogen-bond donors (Lipinski definition) is 0. The maximum atomic E-state index is 11.5. The molecule has 0 saturated carbocycles. The van der Waals surface area contributed by atoms with E-state index in [9.17, 15) is 9.59 Å². The molecule has 0 spiro atoms. The third-order valence-corrected chi connectivity index (χ3v) is 2.49. The fourth-order valence-electron chi connectivity index (χ4n) is 1.53. The molecule has 1 unspecified atom stereocenters. The Balaban J connectivity index is 2.74. The molecule has 2 rings (SSSR count). The van der Waals surface area contributed by atoms with Gasteiger partial charge in [0.2, 0.25) is 0 Å². The number of aromatic nitrogens is 1. The van der Waals surface area contributed by atoms with E-state index < -0.39 is 11.8 Å². The van der Waals surface area contributed by atoms with Crippen molar-refractivity contribution in [1.29, 1.82) is 0 Å². The number of hydrogen-bond acceptors (Lipinski definition) is 3. The fraction of sp³-hybridized carbons (Fsp3) is 0.273. The molecule has 1 atom stereocenters. The molecular weight excluding hydrogens is 194 g/mol. The van der Waals surface area contributed by atoms with Gasteiger partial charge in [-0.2, -0.15) is 0 Å². The number of oxazole rings is 1. The molecule has 1 aromatic heterocycles. The summed E-state index contributed by atoms with van der Waals surface area (Å²) in [5.41, 5.74) is 1.17. The number of carbonyl (C=O) groups excluding carboxylic acids is 1. The van der Waals surface area contributed by atoms with Crippen molar-refractivity contribution in [1.82, 2.24) is 4.57 Å². The van der Waals surface area contributed by atoms with Gasteiger partial charge in [0.1, 0.15) is 0 Å². The molecule has 0 amide bonds. The molecule has 15 heavy (non-hydrogen) atoms. The van der Waals surface area contributed by atoms with Crippen molar-refractivity contribution in [3.8, 4) is 0 Å². The highest BCUT2D eigenvalue weighted by Crippen LogP contribution is 2.16. The third kappa shape index (κ3) is 1.48. The van der Waals surface area contributed by atoms with Crippen molar-refractivity contribution in [3.05, 3.63) is 34.8 Å². The second-order valence-electron chi connectivity index (χ2n) is 3.49. The van der Waals surface area contributed by atoms with Crippen LogP contribution in [0.2, 0.25) is 0 Å². The van der Waals surface area contributed by atoms with E-state index in [1.165, 1.54) is 11.5 Å². The SMILES string of the molecule is CC(=O)C(C)n1c(=O)oc2ccccc21. The zero-order chi connectivity index (χ0) is 11.0. The predicted octanol–water partition coefficient (Wildman–Crippen LogP) is 1.74. The van der Waals surface area contributed by atoms with Crippen LogP contribution in [0, 0.1) is 0 Å². The first-order valence-corrected chi connectivity index (χ1v) is 4.72. The monoisotopic (exact) mass is 205 g/mol. The first-order valence-electron chi connectivity index (χ1n) is 4.72. The van der Waals surface area contributed by atoms with Crippen molar-refractivity contribution in [2.45, 2.75) is 19.9 Å². The molecule has 1 heterocycles. The molecule has 0 aliphatic rings. The predicted molar refractivity (Wildman–Crippen MR) is 55.9 cm³/mol. The Morgan fingerprint density at radius 2 is 2.07 bits per heavy atom. The van der Waals surface area contributed by atoms with E-state index >= 15 is 0 Å². The van der Waals surface area contributed by atoms with Crippen molar-refractivity contribution in [3.63, 3.8) is 0 Å². The smallest absolute Gasteiger partial charge is 0.408 e. The summed E-state index contributed by atoms with van der Waals surface area (Å²) in [7, 11) is 0. The number of Topliss-reactive ketones (excluding diaryl/α,β-unsaturated/α-hetero) is 1. The molecule has 78 valence electrons. The van der Waals surface area contributed by atoms with Gasteiger partial charge in [-0.1, -0.05) is 12.1 Å². The Labute approximate surface area is 86.1 Å². The maximum Gasteiger partial charge on any atom is 0.420 e. The van der Waals surface area contributed by atoms with Crippen LogP contribution in [0.5, 0.6) is 0 Å². The van der Waals surface area contributed by atoms with Gasteiger partial charge in [-0.15, -0.1) is 0 Å². The van der Waals surface area contributed by atoms with Crippen LogP contribution < -0.4 is 5.76 Å². The summed E-state index contributed by atoms with van der Waals surface area (Å²) in [4.78, 5) is 22.8. The van der Waals surface area contributed by atoms with E-state index in [1.54, 1.807) is 31.2 Å². The number of carbonyl (C=O) groups is 1. The van der Waals surface area contributed by atoms with Crippen LogP contribution in [0.4, 0.5) is 0 Å². The molecule has 0 aliphatic carbocycles. The van der Waals surface area contributed by atoms with Crippen LogP contribution in [0.25, 0.3) is 11.1 Å². The number of fused-ring (bicyclic) bond motifs is 1. The quantitative estimate of drug-likeness (QED) is 0.750. The Morgan fingerprint density at radius 1 is 1.40 bits per heavy atom. The normalized spacial score (nSPS) is 12.9. The van der Waals surface area contributed by atoms with E-state index in [0.717, 1.165) is 0 Å². The van der Waals surface area contributed by atoms with Crippen LogP contribution in [0.3, 0.4) is 0 Å². The summed E-state index contributed by atoms with van der Waals surface area (Å²) in [6.45, 7) is 3.14. The summed E-state index contributed by atoms with van der Waals surface area (Å²) in [6.07, 6.45) is 0.